The highest BCUT2D eigenvalue weighted by Crippen LogP contribution is 2.65. The van der Waals surface area contributed by atoms with Crippen LogP contribution in [-0.4, -0.2) is 35.5 Å². The lowest BCUT2D eigenvalue weighted by atomic mass is 9.63. The first-order valence-electron chi connectivity index (χ1n) is 9.36. The minimum Gasteiger partial charge on any atom is -0.286 e. The molecule has 1 aliphatic heterocycles. The van der Waals surface area contributed by atoms with Crippen molar-refractivity contribution in [3.05, 3.63) is 42.2 Å². The first kappa shape index (κ1) is 18.3. The van der Waals surface area contributed by atoms with Gasteiger partial charge in [-0.2, -0.15) is 13.2 Å². The standard InChI is InChI=1S/C20H16F4N2O3/c21-9-1-3-10(4-2-9)25(19(29)20(22,23)24)8-26-17(27)15-11-5-6-12(14-7-13(11)14)16(15)18(26)28/h1-6,11-16H,7-8H2/t11-,12-,13-,14+,15+,16+/m0/s1. The first-order valence-corrected chi connectivity index (χ1v) is 9.36. The highest BCUT2D eigenvalue weighted by molar-refractivity contribution is 6.07. The summed E-state index contributed by atoms with van der Waals surface area (Å²) in [5, 5.41) is 0. The average Bonchev–Trinajstić information content (AvgIpc) is 3.46. The number of nitrogens with zero attached hydrogens (tertiary/aromatic N) is 2. The third kappa shape index (κ3) is 2.63. The maximum atomic E-state index is 13.2. The molecule has 1 aromatic rings. The molecule has 4 aliphatic carbocycles. The summed E-state index contributed by atoms with van der Waals surface area (Å²) in [4.78, 5) is 39.1. The van der Waals surface area contributed by atoms with E-state index in [0.29, 0.717) is 16.7 Å². The van der Waals surface area contributed by atoms with Crippen LogP contribution in [0.5, 0.6) is 0 Å². The van der Waals surface area contributed by atoms with Gasteiger partial charge in [-0.1, -0.05) is 12.2 Å². The van der Waals surface area contributed by atoms with E-state index in [1.54, 1.807) is 0 Å². The zero-order chi connectivity index (χ0) is 20.7. The number of hydrogen-bond acceptors (Lipinski definition) is 3. The molecule has 1 heterocycles. The molecule has 5 aliphatic rings. The molecule has 5 nitrogen and oxygen atoms in total. The van der Waals surface area contributed by atoms with Gasteiger partial charge < -0.3 is 0 Å². The number of carbonyl (C=O) groups excluding carboxylic acids is 3. The van der Waals surface area contributed by atoms with Crippen molar-refractivity contribution < 1.29 is 31.9 Å². The molecular formula is C20H16F4N2O3. The van der Waals surface area contributed by atoms with Gasteiger partial charge >= 0.3 is 12.1 Å². The average molecular weight is 408 g/mol. The summed E-state index contributed by atoms with van der Waals surface area (Å²) in [5.41, 5.74) is -0.242. The maximum Gasteiger partial charge on any atom is 0.471 e. The lowest BCUT2D eigenvalue weighted by molar-refractivity contribution is -0.171. The van der Waals surface area contributed by atoms with E-state index >= 15 is 0 Å². The second-order valence-electron chi connectivity index (χ2n) is 8.11. The van der Waals surface area contributed by atoms with Crippen LogP contribution in [-0.2, 0) is 14.4 Å². The second-order valence-corrected chi connectivity index (χ2v) is 8.11. The van der Waals surface area contributed by atoms with Crippen molar-refractivity contribution >= 4 is 23.4 Å². The molecule has 3 fully saturated rings. The third-order valence-corrected chi connectivity index (χ3v) is 6.66. The molecule has 2 saturated carbocycles. The molecule has 9 heteroatoms. The van der Waals surface area contributed by atoms with E-state index < -0.39 is 48.2 Å². The van der Waals surface area contributed by atoms with Crippen molar-refractivity contribution in [3.63, 3.8) is 0 Å². The minimum atomic E-state index is -5.21. The van der Waals surface area contributed by atoms with Crippen molar-refractivity contribution in [2.45, 2.75) is 12.6 Å². The predicted molar refractivity (Wildman–Crippen MR) is 91.4 cm³/mol. The van der Waals surface area contributed by atoms with Crippen LogP contribution in [0, 0.1) is 41.3 Å². The summed E-state index contributed by atoms with van der Waals surface area (Å²) in [6, 6.07) is 3.85. The molecule has 3 amide bonds. The fraction of sp³-hybridized carbons (Fsp3) is 0.450. The summed E-state index contributed by atoms with van der Waals surface area (Å²) in [7, 11) is 0. The molecule has 0 N–H and O–H groups in total. The molecule has 0 unspecified atom stereocenters. The summed E-state index contributed by atoms with van der Waals surface area (Å²) in [6.45, 7) is -0.844. The van der Waals surface area contributed by atoms with Crippen LogP contribution >= 0.6 is 0 Å². The Morgan fingerprint density at radius 2 is 1.52 bits per heavy atom. The number of imide groups is 1. The van der Waals surface area contributed by atoms with E-state index in [-0.39, 0.29) is 17.5 Å². The van der Waals surface area contributed by atoms with Crippen LogP contribution in [0.15, 0.2) is 36.4 Å². The van der Waals surface area contributed by atoms with E-state index in [1.165, 1.54) is 0 Å². The molecule has 0 aromatic heterocycles. The number of rotatable bonds is 3. The number of alkyl halides is 3. The van der Waals surface area contributed by atoms with E-state index in [2.05, 4.69) is 0 Å². The summed E-state index contributed by atoms with van der Waals surface area (Å²) >= 11 is 0. The summed E-state index contributed by atoms with van der Waals surface area (Å²) in [6.07, 6.45) is -0.347. The van der Waals surface area contributed by atoms with Gasteiger partial charge in [0.2, 0.25) is 11.8 Å². The number of carbonyl (C=O) groups is 3. The Labute approximate surface area is 162 Å². The fourth-order valence-electron chi connectivity index (χ4n) is 5.34. The van der Waals surface area contributed by atoms with Crippen molar-refractivity contribution in [1.82, 2.24) is 4.90 Å². The number of anilines is 1. The van der Waals surface area contributed by atoms with Crippen molar-refractivity contribution in [3.8, 4) is 0 Å². The zero-order valence-corrected chi connectivity index (χ0v) is 15.0. The topological polar surface area (TPSA) is 57.7 Å². The molecule has 6 atom stereocenters. The fourth-order valence-corrected chi connectivity index (χ4v) is 5.34. The number of likely N-dealkylation sites (tertiary alicyclic amines) is 1. The molecule has 0 spiro atoms. The Morgan fingerprint density at radius 1 is 1.00 bits per heavy atom. The highest BCUT2D eigenvalue weighted by atomic mass is 19.4. The number of hydrogen-bond donors (Lipinski definition) is 0. The minimum absolute atomic E-state index is 0.0750. The molecule has 29 heavy (non-hydrogen) atoms. The van der Waals surface area contributed by atoms with Gasteiger partial charge in [-0.25, -0.2) is 4.39 Å². The van der Waals surface area contributed by atoms with Crippen LogP contribution in [0.1, 0.15) is 6.42 Å². The van der Waals surface area contributed by atoms with Crippen molar-refractivity contribution in [2.75, 3.05) is 11.6 Å². The first-order chi connectivity index (χ1) is 13.7. The van der Waals surface area contributed by atoms with Crippen LogP contribution in [0.3, 0.4) is 0 Å². The zero-order valence-electron chi connectivity index (χ0n) is 15.0. The molecule has 1 saturated heterocycles. The maximum absolute atomic E-state index is 13.2. The Morgan fingerprint density at radius 3 is 2.00 bits per heavy atom. The smallest absolute Gasteiger partial charge is 0.286 e. The Kier molecular flexibility index (Phi) is 3.73. The van der Waals surface area contributed by atoms with Crippen LogP contribution in [0.4, 0.5) is 23.2 Å². The van der Waals surface area contributed by atoms with Crippen LogP contribution in [0.25, 0.3) is 0 Å². The third-order valence-electron chi connectivity index (χ3n) is 6.66. The van der Waals surface area contributed by atoms with Gasteiger partial charge in [0.05, 0.1) is 11.8 Å². The Hall–Kier alpha value is -2.71. The number of allylic oxidation sites excluding steroid dienone is 2. The van der Waals surface area contributed by atoms with E-state index in [1.807, 2.05) is 12.2 Å². The second kappa shape index (κ2) is 5.90. The Balaban J connectivity index is 1.46. The highest BCUT2D eigenvalue weighted by Gasteiger charge is 2.67. The van der Waals surface area contributed by atoms with Gasteiger partial charge in [0.1, 0.15) is 12.5 Å². The lowest BCUT2D eigenvalue weighted by Gasteiger charge is -2.37. The monoisotopic (exact) mass is 408 g/mol. The normalized spacial score (nSPS) is 34.3. The SMILES string of the molecule is O=C1[C@@H]2[C@H]3C=C[C@@H]([C@@H]4C[C@H]34)[C@H]2C(=O)N1CN(C(=O)C(F)(F)F)c1ccc(F)cc1. The largest absolute Gasteiger partial charge is 0.471 e. The van der Waals surface area contributed by atoms with E-state index in [9.17, 15) is 31.9 Å². The molecule has 152 valence electrons. The van der Waals surface area contributed by atoms with Crippen molar-refractivity contribution in [2.24, 2.45) is 35.5 Å². The van der Waals surface area contributed by atoms with E-state index in [4.69, 9.17) is 0 Å². The molecule has 1 aromatic carbocycles. The van der Waals surface area contributed by atoms with Gasteiger partial charge in [-0.05, 0) is 54.4 Å². The van der Waals surface area contributed by atoms with Gasteiger partial charge in [0.15, 0.2) is 0 Å². The summed E-state index contributed by atoms with van der Waals surface area (Å²) in [5.74, 6) is -4.56. The van der Waals surface area contributed by atoms with Gasteiger partial charge in [-0.3, -0.25) is 24.2 Å². The molecule has 0 radical (unpaired) electrons. The van der Waals surface area contributed by atoms with Gasteiger partial charge in [0.25, 0.3) is 0 Å². The van der Waals surface area contributed by atoms with Crippen molar-refractivity contribution in [1.29, 1.82) is 0 Å². The van der Waals surface area contributed by atoms with E-state index in [0.717, 1.165) is 35.6 Å². The number of amides is 3. The quantitative estimate of drug-likeness (QED) is 0.439. The summed E-state index contributed by atoms with van der Waals surface area (Å²) < 4.78 is 52.7. The number of benzene rings is 1. The number of halogens is 4. The molecule has 6 rings (SSSR count). The molecule has 2 bridgehead atoms. The van der Waals surface area contributed by atoms with Crippen LogP contribution < -0.4 is 4.90 Å². The lowest BCUT2D eigenvalue weighted by Crippen LogP contribution is -2.49. The molecular weight excluding hydrogens is 392 g/mol. The van der Waals surface area contributed by atoms with Gasteiger partial charge in [-0.15, -0.1) is 0 Å². The predicted octanol–water partition coefficient (Wildman–Crippen LogP) is 2.73. The van der Waals surface area contributed by atoms with Gasteiger partial charge in [0, 0.05) is 5.69 Å². The van der Waals surface area contributed by atoms with Crippen LogP contribution in [0.2, 0.25) is 0 Å². The Bertz CT molecular complexity index is 906.